The number of methoxy groups -OCH3 is 1. The van der Waals surface area contributed by atoms with Gasteiger partial charge < -0.3 is 14.2 Å². The van der Waals surface area contributed by atoms with Gasteiger partial charge in [0, 0.05) is 11.6 Å². The molecule has 0 fully saturated rings. The summed E-state index contributed by atoms with van der Waals surface area (Å²) < 4.78 is 16.6. The van der Waals surface area contributed by atoms with Crippen molar-refractivity contribution in [1.29, 1.82) is 0 Å². The van der Waals surface area contributed by atoms with Gasteiger partial charge in [-0.1, -0.05) is 35.9 Å². The number of hydrogen-bond acceptors (Lipinski definition) is 5. The SMILES string of the molecule is COc1ccccc1/C=C1\Oc2cc(OC(=O)c3ccc(C)cc3)cc(C)c2C1=O. The Hall–Kier alpha value is -3.86. The highest BCUT2D eigenvalue weighted by molar-refractivity contribution is 6.15. The first-order valence-corrected chi connectivity index (χ1v) is 9.47. The molecule has 0 spiro atoms. The summed E-state index contributed by atoms with van der Waals surface area (Å²) in [6.07, 6.45) is 1.65. The molecule has 0 N–H and O–H groups in total. The molecule has 1 aliphatic rings. The van der Waals surface area contributed by atoms with E-state index >= 15 is 0 Å². The molecule has 5 nitrogen and oxygen atoms in total. The van der Waals surface area contributed by atoms with Gasteiger partial charge in [0.2, 0.25) is 5.78 Å². The van der Waals surface area contributed by atoms with Crippen LogP contribution in [0.4, 0.5) is 0 Å². The second-order valence-electron chi connectivity index (χ2n) is 7.05. The number of ketones is 1. The molecular weight excluding hydrogens is 380 g/mol. The zero-order valence-electron chi connectivity index (χ0n) is 16.9. The first kappa shape index (κ1) is 19.5. The van der Waals surface area contributed by atoms with Crippen LogP contribution < -0.4 is 14.2 Å². The minimum absolute atomic E-state index is 0.194. The van der Waals surface area contributed by atoms with Gasteiger partial charge >= 0.3 is 5.97 Å². The molecule has 0 saturated carbocycles. The maximum Gasteiger partial charge on any atom is 0.343 e. The third-order valence-corrected chi connectivity index (χ3v) is 4.87. The standard InChI is InChI=1S/C25H20O5/c1-15-8-10-17(11-9-15)25(27)29-19-12-16(2)23-21(14-19)30-22(24(23)26)13-18-6-4-5-7-20(18)28-3/h4-14H,1-3H3/b22-13-. The molecule has 30 heavy (non-hydrogen) atoms. The predicted molar refractivity (Wildman–Crippen MR) is 113 cm³/mol. The van der Waals surface area contributed by atoms with Gasteiger partial charge in [0.05, 0.1) is 18.2 Å². The van der Waals surface area contributed by atoms with Crippen molar-refractivity contribution >= 4 is 17.8 Å². The van der Waals surface area contributed by atoms with E-state index in [4.69, 9.17) is 14.2 Å². The van der Waals surface area contributed by atoms with Gasteiger partial charge in [-0.2, -0.15) is 0 Å². The van der Waals surface area contributed by atoms with E-state index in [-0.39, 0.29) is 11.5 Å². The van der Waals surface area contributed by atoms with Gasteiger partial charge in [0.25, 0.3) is 0 Å². The molecule has 4 rings (SSSR count). The Bertz CT molecular complexity index is 1170. The van der Waals surface area contributed by atoms with E-state index in [0.29, 0.717) is 33.9 Å². The largest absolute Gasteiger partial charge is 0.496 e. The second kappa shape index (κ2) is 7.87. The Morgan fingerprint density at radius 3 is 2.47 bits per heavy atom. The van der Waals surface area contributed by atoms with Crippen LogP contribution in [-0.4, -0.2) is 18.9 Å². The number of benzene rings is 3. The summed E-state index contributed by atoms with van der Waals surface area (Å²) in [6, 6.07) is 17.7. The smallest absolute Gasteiger partial charge is 0.343 e. The molecule has 0 saturated heterocycles. The van der Waals surface area contributed by atoms with Crippen molar-refractivity contribution in [2.45, 2.75) is 13.8 Å². The van der Waals surface area contributed by atoms with E-state index in [1.165, 1.54) is 0 Å². The second-order valence-corrected chi connectivity index (χ2v) is 7.05. The van der Waals surface area contributed by atoms with Crippen LogP contribution in [0.5, 0.6) is 17.2 Å². The molecular formula is C25H20O5. The van der Waals surface area contributed by atoms with Crippen molar-refractivity contribution in [3.05, 3.63) is 94.2 Å². The molecule has 1 aliphatic heterocycles. The Balaban J connectivity index is 1.62. The van der Waals surface area contributed by atoms with Crippen LogP contribution in [0.25, 0.3) is 6.08 Å². The molecule has 0 radical (unpaired) electrons. The number of allylic oxidation sites excluding steroid dienone is 1. The summed E-state index contributed by atoms with van der Waals surface area (Å²) in [7, 11) is 1.57. The number of fused-ring (bicyclic) bond motifs is 1. The van der Waals surface area contributed by atoms with Crippen LogP contribution in [0.3, 0.4) is 0 Å². The monoisotopic (exact) mass is 400 g/mol. The molecule has 3 aromatic carbocycles. The molecule has 0 amide bonds. The van der Waals surface area contributed by atoms with Crippen molar-refractivity contribution in [1.82, 2.24) is 0 Å². The number of carbonyl (C=O) groups excluding carboxylic acids is 2. The fraction of sp³-hybridized carbons (Fsp3) is 0.120. The fourth-order valence-electron chi connectivity index (χ4n) is 3.32. The van der Waals surface area contributed by atoms with E-state index in [1.54, 1.807) is 44.4 Å². The Morgan fingerprint density at radius 2 is 1.73 bits per heavy atom. The Labute approximate surface area is 174 Å². The normalized spacial score (nSPS) is 13.7. The molecule has 150 valence electrons. The van der Waals surface area contributed by atoms with Crippen LogP contribution >= 0.6 is 0 Å². The minimum Gasteiger partial charge on any atom is -0.496 e. The van der Waals surface area contributed by atoms with Gasteiger partial charge in [-0.05, 0) is 49.8 Å². The highest BCUT2D eigenvalue weighted by atomic mass is 16.5. The number of rotatable bonds is 4. The van der Waals surface area contributed by atoms with Crippen LogP contribution in [0.1, 0.15) is 37.4 Å². The number of ether oxygens (including phenoxy) is 3. The van der Waals surface area contributed by atoms with E-state index in [0.717, 1.165) is 11.1 Å². The van der Waals surface area contributed by atoms with E-state index < -0.39 is 5.97 Å². The minimum atomic E-state index is -0.469. The average molecular weight is 400 g/mol. The molecule has 0 unspecified atom stereocenters. The quantitative estimate of drug-likeness (QED) is 0.344. The van der Waals surface area contributed by atoms with Crippen molar-refractivity contribution in [3.63, 3.8) is 0 Å². The van der Waals surface area contributed by atoms with Crippen molar-refractivity contribution < 1.29 is 23.8 Å². The average Bonchev–Trinajstić information content (AvgIpc) is 3.04. The van der Waals surface area contributed by atoms with Gasteiger partial charge in [-0.3, -0.25) is 4.79 Å². The number of para-hydroxylation sites is 1. The lowest BCUT2D eigenvalue weighted by molar-refractivity contribution is 0.0734. The third-order valence-electron chi connectivity index (χ3n) is 4.87. The van der Waals surface area contributed by atoms with Gasteiger partial charge in [-0.15, -0.1) is 0 Å². The summed E-state index contributed by atoms with van der Waals surface area (Å²) in [5.41, 5.74) is 3.38. The molecule has 0 aromatic heterocycles. The fourth-order valence-corrected chi connectivity index (χ4v) is 3.32. The molecule has 0 bridgehead atoms. The summed E-state index contributed by atoms with van der Waals surface area (Å²) in [5.74, 6) is 0.839. The molecule has 0 aliphatic carbocycles. The van der Waals surface area contributed by atoms with Crippen molar-refractivity contribution in [2.24, 2.45) is 0 Å². The lowest BCUT2D eigenvalue weighted by Crippen LogP contribution is -2.08. The summed E-state index contributed by atoms with van der Waals surface area (Å²) >= 11 is 0. The van der Waals surface area contributed by atoms with Gasteiger partial charge in [-0.25, -0.2) is 4.79 Å². The number of esters is 1. The van der Waals surface area contributed by atoms with Crippen molar-refractivity contribution in [3.8, 4) is 17.2 Å². The third kappa shape index (κ3) is 3.70. The summed E-state index contributed by atoms with van der Waals surface area (Å²) in [5, 5.41) is 0. The number of aryl methyl sites for hydroxylation is 2. The first-order valence-electron chi connectivity index (χ1n) is 9.47. The van der Waals surface area contributed by atoms with Crippen molar-refractivity contribution in [2.75, 3.05) is 7.11 Å². The van der Waals surface area contributed by atoms with Crippen LogP contribution in [0, 0.1) is 13.8 Å². The molecule has 1 heterocycles. The Kier molecular flexibility index (Phi) is 5.11. The lowest BCUT2D eigenvalue weighted by atomic mass is 10.0. The molecule has 5 heteroatoms. The topological polar surface area (TPSA) is 61.8 Å². The first-order chi connectivity index (χ1) is 14.5. The maximum absolute atomic E-state index is 12.9. The number of Topliss-reactive ketones (excluding diaryl/α,β-unsaturated/α-hetero) is 1. The highest BCUT2D eigenvalue weighted by Crippen LogP contribution is 2.38. The van der Waals surface area contributed by atoms with Gasteiger partial charge in [0.1, 0.15) is 17.2 Å². The zero-order chi connectivity index (χ0) is 21.3. The Morgan fingerprint density at radius 1 is 1.00 bits per heavy atom. The predicted octanol–water partition coefficient (Wildman–Crippen LogP) is 5.15. The van der Waals surface area contributed by atoms with Gasteiger partial charge in [0.15, 0.2) is 5.76 Å². The van der Waals surface area contributed by atoms with Crippen LogP contribution in [-0.2, 0) is 0 Å². The molecule has 3 aromatic rings. The summed E-state index contributed by atoms with van der Waals surface area (Å²) in [6.45, 7) is 3.73. The number of hydrogen-bond donors (Lipinski definition) is 0. The van der Waals surface area contributed by atoms with E-state index in [1.807, 2.05) is 43.3 Å². The number of carbonyl (C=O) groups is 2. The molecule has 0 atom stereocenters. The van der Waals surface area contributed by atoms with Crippen LogP contribution in [0.2, 0.25) is 0 Å². The lowest BCUT2D eigenvalue weighted by Gasteiger charge is -2.08. The maximum atomic E-state index is 12.9. The van der Waals surface area contributed by atoms with E-state index in [9.17, 15) is 9.59 Å². The highest BCUT2D eigenvalue weighted by Gasteiger charge is 2.30. The van der Waals surface area contributed by atoms with Crippen LogP contribution in [0.15, 0.2) is 66.4 Å². The van der Waals surface area contributed by atoms with E-state index in [2.05, 4.69) is 0 Å². The summed E-state index contributed by atoms with van der Waals surface area (Å²) in [4.78, 5) is 25.3. The zero-order valence-corrected chi connectivity index (χ0v) is 16.9.